The number of Topliss-reactive ketones (excluding diaryl/α,β-unsaturated/α-hetero) is 1. The minimum absolute atomic E-state index is 0.00250. The molecule has 8 nitrogen and oxygen atoms in total. The third kappa shape index (κ3) is 3.36. The largest absolute Gasteiger partial charge is 0.493 e. The van der Waals surface area contributed by atoms with Gasteiger partial charge in [0.05, 0.1) is 31.4 Å². The van der Waals surface area contributed by atoms with E-state index in [1.165, 1.54) is 0 Å². The van der Waals surface area contributed by atoms with Crippen molar-refractivity contribution in [1.29, 1.82) is 0 Å². The van der Waals surface area contributed by atoms with E-state index in [9.17, 15) is 4.79 Å². The Morgan fingerprint density at radius 3 is 2.55 bits per heavy atom. The molecule has 38 heavy (non-hydrogen) atoms. The van der Waals surface area contributed by atoms with Crippen LogP contribution in [-0.2, 0) is 11.3 Å². The summed E-state index contributed by atoms with van der Waals surface area (Å²) < 4.78 is 29.8. The van der Waals surface area contributed by atoms with Crippen molar-refractivity contribution < 1.29 is 33.3 Å². The van der Waals surface area contributed by atoms with Crippen molar-refractivity contribution >= 4 is 11.5 Å². The van der Waals surface area contributed by atoms with Crippen LogP contribution in [0.25, 0.3) is 0 Å². The SMILES string of the molecule is COc1cc2c(cc1OC)[C@@H]1C(=O)c3ccc4c(c3O[C@@H]1CO2)C[C@H](C1(C)CC(c2ccccc2)=NO1)O4. The first-order chi connectivity index (χ1) is 18.5. The van der Waals surface area contributed by atoms with Crippen LogP contribution in [0.3, 0.4) is 0 Å². The summed E-state index contributed by atoms with van der Waals surface area (Å²) in [4.78, 5) is 19.8. The lowest BCUT2D eigenvalue weighted by Crippen LogP contribution is -2.43. The fraction of sp³-hybridized carbons (Fsp3) is 0.333. The van der Waals surface area contributed by atoms with Crippen molar-refractivity contribution in [2.75, 3.05) is 20.8 Å². The van der Waals surface area contributed by atoms with Crippen LogP contribution in [-0.4, -0.2) is 50.1 Å². The number of benzene rings is 3. The predicted octanol–water partition coefficient (Wildman–Crippen LogP) is 4.71. The number of ether oxygens (including phenoxy) is 5. The van der Waals surface area contributed by atoms with Crippen LogP contribution in [0.2, 0.25) is 0 Å². The number of methoxy groups -OCH3 is 2. The van der Waals surface area contributed by atoms with Crippen LogP contribution < -0.4 is 23.7 Å². The average Bonchev–Trinajstić information content (AvgIpc) is 3.58. The number of carbonyl (C=O) groups is 1. The molecule has 8 heteroatoms. The Labute approximate surface area is 220 Å². The van der Waals surface area contributed by atoms with Crippen molar-refractivity contribution in [3.63, 3.8) is 0 Å². The highest BCUT2D eigenvalue weighted by Gasteiger charge is 2.50. The lowest BCUT2D eigenvalue weighted by atomic mass is 9.81. The summed E-state index contributed by atoms with van der Waals surface area (Å²) in [5.74, 6) is 2.49. The maximum Gasteiger partial charge on any atom is 0.178 e. The molecule has 0 aliphatic carbocycles. The fourth-order valence-electron chi connectivity index (χ4n) is 5.92. The fourth-order valence-corrected chi connectivity index (χ4v) is 5.92. The molecule has 0 bridgehead atoms. The van der Waals surface area contributed by atoms with Crippen molar-refractivity contribution in [2.45, 2.75) is 43.5 Å². The molecule has 4 heterocycles. The number of oxime groups is 1. The highest BCUT2D eigenvalue weighted by molar-refractivity contribution is 6.06. The Bertz CT molecular complexity index is 1480. The van der Waals surface area contributed by atoms with Gasteiger partial charge in [-0.1, -0.05) is 35.5 Å². The van der Waals surface area contributed by atoms with Gasteiger partial charge in [0.2, 0.25) is 0 Å². The van der Waals surface area contributed by atoms with Crippen LogP contribution in [0.4, 0.5) is 0 Å². The number of nitrogens with zero attached hydrogens (tertiary/aromatic N) is 1. The van der Waals surface area contributed by atoms with Crippen molar-refractivity contribution in [1.82, 2.24) is 0 Å². The quantitative estimate of drug-likeness (QED) is 0.500. The maximum atomic E-state index is 13.9. The van der Waals surface area contributed by atoms with E-state index in [2.05, 4.69) is 5.16 Å². The first-order valence-electron chi connectivity index (χ1n) is 12.7. The number of hydrogen-bond acceptors (Lipinski definition) is 8. The highest BCUT2D eigenvalue weighted by atomic mass is 16.7. The van der Waals surface area contributed by atoms with Crippen LogP contribution in [0.1, 0.15) is 46.3 Å². The highest BCUT2D eigenvalue weighted by Crippen LogP contribution is 2.51. The molecule has 4 aliphatic rings. The van der Waals surface area contributed by atoms with Gasteiger partial charge in [0.15, 0.2) is 22.9 Å². The van der Waals surface area contributed by atoms with E-state index >= 15 is 0 Å². The molecule has 0 spiro atoms. The van der Waals surface area contributed by atoms with E-state index in [1.807, 2.05) is 49.4 Å². The minimum Gasteiger partial charge on any atom is -0.493 e. The van der Waals surface area contributed by atoms with E-state index in [0.717, 1.165) is 22.4 Å². The molecular formula is C30H27NO7. The number of carbonyl (C=O) groups excluding carboxylic acids is 1. The molecule has 0 fully saturated rings. The molecule has 0 N–H and O–H groups in total. The van der Waals surface area contributed by atoms with E-state index in [0.29, 0.717) is 47.2 Å². The molecule has 3 aromatic carbocycles. The monoisotopic (exact) mass is 513 g/mol. The van der Waals surface area contributed by atoms with E-state index in [4.69, 9.17) is 28.5 Å². The van der Waals surface area contributed by atoms with E-state index in [-0.39, 0.29) is 18.5 Å². The number of rotatable bonds is 4. The van der Waals surface area contributed by atoms with E-state index < -0.39 is 17.6 Å². The summed E-state index contributed by atoms with van der Waals surface area (Å²) in [6, 6.07) is 17.3. The Kier molecular flexibility index (Phi) is 5.08. The van der Waals surface area contributed by atoms with Crippen LogP contribution in [0.5, 0.6) is 28.7 Å². The van der Waals surface area contributed by atoms with Gasteiger partial charge in [-0.05, 0) is 30.7 Å². The first-order valence-corrected chi connectivity index (χ1v) is 12.7. The molecule has 1 unspecified atom stereocenters. The van der Waals surface area contributed by atoms with Gasteiger partial charge in [0.25, 0.3) is 0 Å². The third-order valence-electron chi connectivity index (χ3n) is 7.99. The summed E-state index contributed by atoms with van der Waals surface area (Å²) >= 11 is 0. The van der Waals surface area contributed by atoms with E-state index in [1.54, 1.807) is 26.4 Å². The summed E-state index contributed by atoms with van der Waals surface area (Å²) in [6.45, 7) is 2.27. The second-order valence-electron chi connectivity index (χ2n) is 10.3. The van der Waals surface area contributed by atoms with Gasteiger partial charge in [0.1, 0.15) is 36.1 Å². The topological polar surface area (TPSA) is 84.8 Å². The molecule has 3 aromatic rings. The maximum absolute atomic E-state index is 13.9. The van der Waals surface area contributed by atoms with Crippen LogP contribution in [0, 0.1) is 0 Å². The molecule has 4 aliphatic heterocycles. The van der Waals surface area contributed by atoms with Gasteiger partial charge < -0.3 is 28.5 Å². The van der Waals surface area contributed by atoms with Gasteiger partial charge in [-0.2, -0.15) is 0 Å². The van der Waals surface area contributed by atoms with Gasteiger partial charge in [0, 0.05) is 30.0 Å². The van der Waals surface area contributed by atoms with Gasteiger partial charge >= 0.3 is 0 Å². The van der Waals surface area contributed by atoms with Crippen LogP contribution in [0.15, 0.2) is 59.8 Å². The van der Waals surface area contributed by atoms with Crippen molar-refractivity contribution in [3.05, 3.63) is 76.9 Å². The summed E-state index contributed by atoms with van der Waals surface area (Å²) in [7, 11) is 3.14. The Morgan fingerprint density at radius 2 is 1.76 bits per heavy atom. The lowest BCUT2D eigenvalue weighted by Gasteiger charge is -2.37. The summed E-state index contributed by atoms with van der Waals surface area (Å²) in [6.07, 6.45) is 0.445. The second kappa shape index (κ2) is 8.41. The Balaban J connectivity index is 1.18. The van der Waals surface area contributed by atoms with Crippen molar-refractivity contribution in [3.8, 4) is 28.7 Å². The zero-order valence-electron chi connectivity index (χ0n) is 21.4. The molecule has 0 radical (unpaired) electrons. The molecule has 0 saturated carbocycles. The van der Waals surface area contributed by atoms with Crippen LogP contribution >= 0.6 is 0 Å². The number of fused-ring (bicyclic) bond motifs is 6. The second-order valence-corrected chi connectivity index (χ2v) is 10.3. The smallest absolute Gasteiger partial charge is 0.178 e. The zero-order chi connectivity index (χ0) is 26.0. The Hall–Kier alpha value is -4.20. The summed E-state index contributed by atoms with van der Waals surface area (Å²) in [5.41, 5.74) is 3.47. The van der Waals surface area contributed by atoms with Gasteiger partial charge in [-0.25, -0.2) is 0 Å². The molecule has 7 rings (SSSR count). The molecule has 4 atom stereocenters. The minimum atomic E-state index is -0.638. The van der Waals surface area contributed by atoms with Crippen molar-refractivity contribution in [2.24, 2.45) is 5.16 Å². The first kappa shape index (κ1) is 23.0. The molecule has 0 saturated heterocycles. The average molecular weight is 514 g/mol. The molecular weight excluding hydrogens is 486 g/mol. The number of hydrogen-bond donors (Lipinski definition) is 0. The van der Waals surface area contributed by atoms with Gasteiger partial charge in [-0.3, -0.25) is 4.79 Å². The predicted molar refractivity (Wildman–Crippen MR) is 138 cm³/mol. The Morgan fingerprint density at radius 1 is 0.974 bits per heavy atom. The standard InChI is InChI=1S/C30H27NO7/c1-30(14-20(31-38-30)16-7-5-4-6-8-16)26-12-19-21(36-26)10-9-17-28(32)27-18-11-23(33-2)24(34-3)13-22(18)35-15-25(27)37-29(17)19/h4-11,13,25-27H,12,14-15H2,1-3H3/t25-,26-,27+,30?/m1/s1. The molecule has 194 valence electrons. The third-order valence-corrected chi connectivity index (χ3v) is 7.99. The zero-order valence-corrected chi connectivity index (χ0v) is 21.4. The normalized spacial score (nSPS) is 26.3. The molecule has 0 amide bonds. The van der Waals surface area contributed by atoms with Gasteiger partial charge in [-0.15, -0.1) is 0 Å². The summed E-state index contributed by atoms with van der Waals surface area (Å²) in [5, 5.41) is 4.38. The molecule has 0 aromatic heterocycles. The lowest BCUT2D eigenvalue weighted by molar-refractivity contribution is -0.0745. The number of ketones is 1.